The predicted octanol–water partition coefficient (Wildman–Crippen LogP) is 2.51. The van der Waals surface area contributed by atoms with Crippen molar-refractivity contribution in [1.82, 2.24) is 9.97 Å². The van der Waals surface area contributed by atoms with Gasteiger partial charge in [-0.25, -0.2) is 4.98 Å². The van der Waals surface area contributed by atoms with Crippen molar-refractivity contribution in [2.24, 2.45) is 0 Å². The lowest BCUT2D eigenvalue weighted by Crippen LogP contribution is -2.06. The molecule has 0 fully saturated rings. The summed E-state index contributed by atoms with van der Waals surface area (Å²) in [7, 11) is 1.62. The zero-order valence-electron chi connectivity index (χ0n) is 9.93. The number of thiazole rings is 1. The number of anilines is 1. The fraction of sp³-hybridized carbons (Fsp3) is 0.333. The first-order valence-electron chi connectivity index (χ1n) is 5.44. The summed E-state index contributed by atoms with van der Waals surface area (Å²) in [5.41, 5.74) is 1.09. The van der Waals surface area contributed by atoms with E-state index < -0.39 is 0 Å². The van der Waals surface area contributed by atoms with E-state index >= 15 is 0 Å². The minimum Gasteiger partial charge on any atom is -0.481 e. The van der Waals surface area contributed by atoms with Gasteiger partial charge < -0.3 is 10.1 Å². The topological polar surface area (TPSA) is 47.0 Å². The summed E-state index contributed by atoms with van der Waals surface area (Å²) in [4.78, 5) is 8.69. The van der Waals surface area contributed by atoms with Crippen LogP contribution in [0.5, 0.6) is 5.88 Å². The normalized spacial score (nSPS) is 10.2. The van der Waals surface area contributed by atoms with E-state index in [-0.39, 0.29) is 0 Å². The number of nitrogens with one attached hydrogen (secondary N) is 1. The molecule has 0 aromatic carbocycles. The lowest BCUT2D eigenvalue weighted by Gasteiger charge is -2.05. The van der Waals surface area contributed by atoms with Crippen molar-refractivity contribution in [3.8, 4) is 5.88 Å². The van der Waals surface area contributed by atoms with E-state index in [1.807, 2.05) is 25.1 Å². The molecule has 0 aliphatic carbocycles. The first kappa shape index (κ1) is 11.9. The third-order valence-corrected chi connectivity index (χ3v) is 3.27. The molecule has 0 unspecified atom stereocenters. The van der Waals surface area contributed by atoms with Crippen LogP contribution in [0.4, 0.5) is 5.82 Å². The maximum atomic E-state index is 5.06. The second kappa shape index (κ2) is 5.63. The zero-order valence-corrected chi connectivity index (χ0v) is 10.8. The lowest BCUT2D eigenvalue weighted by molar-refractivity contribution is 0.398. The molecule has 0 atom stereocenters. The summed E-state index contributed by atoms with van der Waals surface area (Å²) in [6.07, 6.45) is 0.914. The molecule has 0 amide bonds. The van der Waals surface area contributed by atoms with Crippen molar-refractivity contribution in [1.29, 1.82) is 0 Å². The van der Waals surface area contributed by atoms with Gasteiger partial charge in [-0.05, 0) is 13.0 Å². The Bertz CT molecular complexity index is 484. The summed E-state index contributed by atoms with van der Waals surface area (Å²) in [5.74, 6) is 1.46. The van der Waals surface area contributed by atoms with Gasteiger partial charge in [0.2, 0.25) is 5.88 Å². The average Bonchev–Trinajstić information content (AvgIpc) is 2.75. The lowest BCUT2D eigenvalue weighted by atomic mass is 10.4. The van der Waals surface area contributed by atoms with Gasteiger partial charge in [-0.2, -0.15) is 4.98 Å². The van der Waals surface area contributed by atoms with Crippen LogP contribution < -0.4 is 10.1 Å². The molecule has 2 heterocycles. The number of hydrogen-bond acceptors (Lipinski definition) is 5. The molecule has 4 nitrogen and oxygen atoms in total. The molecule has 0 spiro atoms. The molecule has 0 bridgehead atoms. The van der Waals surface area contributed by atoms with Crippen LogP contribution in [0, 0.1) is 6.92 Å². The highest BCUT2D eigenvalue weighted by atomic mass is 32.1. The molecule has 0 saturated carbocycles. The van der Waals surface area contributed by atoms with E-state index in [0.717, 1.165) is 29.5 Å². The second-order valence-electron chi connectivity index (χ2n) is 3.62. The number of aryl methyl sites for hydroxylation is 1. The van der Waals surface area contributed by atoms with E-state index in [0.29, 0.717) is 5.88 Å². The monoisotopic (exact) mass is 249 g/mol. The van der Waals surface area contributed by atoms with E-state index in [1.54, 1.807) is 18.4 Å². The van der Waals surface area contributed by atoms with Crippen molar-refractivity contribution >= 4 is 17.2 Å². The maximum absolute atomic E-state index is 5.06. The zero-order chi connectivity index (χ0) is 12.1. The van der Waals surface area contributed by atoms with Gasteiger partial charge in [-0.15, -0.1) is 11.3 Å². The third kappa shape index (κ3) is 3.42. The highest BCUT2D eigenvalue weighted by Gasteiger charge is 2.00. The first-order valence-corrected chi connectivity index (χ1v) is 6.32. The molecule has 0 aliphatic heterocycles. The quantitative estimate of drug-likeness (QED) is 0.884. The SMILES string of the molecule is COc1cccc(NCCc2nc(C)cs2)n1. The minimum atomic E-state index is 0.625. The van der Waals surface area contributed by atoms with Gasteiger partial charge in [0.15, 0.2) is 0 Å². The molecule has 2 rings (SSSR count). The van der Waals surface area contributed by atoms with Gasteiger partial charge in [0, 0.05) is 30.1 Å². The van der Waals surface area contributed by atoms with Crippen LogP contribution >= 0.6 is 11.3 Å². The smallest absolute Gasteiger partial charge is 0.214 e. The van der Waals surface area contributed by atoms with Gasteiger partial charge in [-0.3, -0.25) is 0 Å². The number of pyridine rings is 1. The van der Waals surface area contributed by atoms with Crippen LogP contribution in [0.25, 0.3) is 0 Å². The fourth-order valence-electron chi connectivity index (χ4n) is 1.44. The highest BCUT2D eigenvalue weighted by molar-refractivity contribution is 7.09. The predicted molar refractivity (Wildman–Crippen MR) is 69.8 cm³/mol. The van der Waals surface area contributed by atoms with E-state index in [1.165, 1.54) is 0 Å². The molecule has 1 N–H and O–H groups in total. The minimum absolute atomic E-state index is 0.625. The van der Waals surface area contributed by atoms with Gasteiger partial charge >= 0.3 is 0 Å². The van der Waals surface area contributed by atoms with Gasteiger partial charge in [0.1, 0.15) is 5.82 Å². The second-order valence-corrected chi connectivity index (χ2v) is 4.57. The summed E-state index contributed by atoms with van der Waals surface area (Å²) in [6, 6.07) is 5.67. The van der Waals surface area contributed by atoms with E-state index in [2.05, 4.69) is 20.7 Å². The molecule has 2 aromatic heterocycles. The Morgan fingerprint density at radius 1 is 1.35 bits per heavy atom. The van der Waals surface area contributed by atoms with Crippen LogP contribution in [0.15, 0.2) is 23.6 Å². The van der Waals surface area contributed by atoms with Gasteiger partial charge in [-0.1, -0.05) is 6.07 Å². The molecule has 0 aliphatic rings. The van der Waals surface area contributed by atoms with Crippen molar-refractivity contribution in [3.05, 3.63) is 34.3 Å². The van der Waals surface area contributed by atoms with Crippen molar-refractivity contribution in [3.63, 3.8) is 0 Å². The molecule has 0 radical (unpaired) electrons. The number of hydrogen-bond donors (Lipinski definition) is 1. The van der Waals surface area contributed by atoms with E-state index in [9.17, 15) is 0 Å². The summed E-state index contributed by atoms with van der Waals surface area (Å²) >= 11 is 1.70. The summed E-state index contributed by atoms with van der Waals surface area (Å²) in [5, 5.41) is 6.47. The molecule has 90 valence electrons. The molecule has 2 aromatic rings. The molecule has 5 heteroatoms. The highest BCUT2D eigenvalue weighted by Crippen LogP contribution is 2.12. The van der Waals surface area contributed by atoms with Crippen LogP contribution in [-0.4, -0.2) is 23.6 Å². The summed E-state index contributed by atoms with van der Waals surface area (Å²) < 4.78 is 5.06. The average molecular weight is 249 g/mol. The van der Waals surface area contributed by atoms with Crippen molar-refractivity contribution in [2.75, 3.05) is 19.0 Å². The molecular weight excluding hydrogens is 234 g/mol. The van der Waals surface area contributed by atoms with Crippen molar-refractivity contribution < 1.29 is 4.74 Å². The Morgan fingerprint density at radius 2 is 2.24 bits per heavy atom. The Hall–Kier alpha value is -1.62. The van der Waals surface area contributed by atoms with Gasteiger partial charge in [0.05, 0.1) is 12.1 Å². The number of rotatable bonds is 5. The van der Waals surface area contributed by atoms with Gasteiger partial charge in [0.25, 0.3) is 0 Å². The fourth-order valence-corrected chi connectivity index (χ4v) is 2.22. The third-order valence-electron chi connectivity index (χ3n) is 2.24. The number of aromatic nitrogens is 2. The van der Waals surface area contributed by atoms with E-state index in [4.69, 9.17) is 4.74 Å². The number of ether oxygens (including phenoxy) is 1. The Kier molecular flexibility index (Phi) is 3.93. The maximum Gasteiger partial charge on any atom is 0.214 e. The first-order chi connectivity index (χ1) is 8.28. The standard InChI is InChI=1S/C12H15N3OS/c1-9-8-17-12(14-9)6-7-13-10-4-3-5-11(15-10)16-2/h3-5,8H,6-7H2,1-2H3,(H,13,15). The van der Waals surface area contributed by atoms with Crippen LogP contribution in [0.2, 0.25) is 0 Å². The van der Waals surface area contributed by atoms with Crippen molar-refractivity contribution in [2.45, 2.75) is 13.3 Å². The number of nitrogens with zero attached hydrogens (tertiary/aromatic N) is 2. The summed E-state index contributed by atoms with van der Waals surface area (Å²) in [6.45, 7) is 2.84. The molecule has 0 saturated heterocycles. The Balaban J connectivity index is 1.85. The molecular formula is C12H15N3OS. The van der Waals surface area contributed by atoms with Crippen LogP contribution in [-0.2, 0) is 6.42 Å². The van der Waals surface area contributed by atoms with Crippen LogP contribution in [0.1, 0.15) is 10.7 Å². The Labute approximate surface area is 105 Å². The largest absolute Gasteiger partial charge is 0.481 e. The number of methoxy groups -OCH3 is 1. The Morgan fingerprint density at radius 3 is 2.94 bits per heavy atom. The van der Waals surface area contributed by atoms with Crippen LogP contribution in [0.3, 0.4) is 0 Å². The molecule has 17 heavy (non-hydrogen) atoms.